The van der Waals surface area contributed by atoms with Crippen LogP contribution in [-0.4, -0.2) is 11.1 Å². The number of nitrogens with zero attached hydrogens (tertiary/aromatic N) is 1. The molecule has 1 heterocycles. The van der Waals surface area contributed by atoms with Gasteiger partial charge in [-0.25, -0.2) is 0 Å². The van der Waals surface area contributed by atoms with Crippen LogP contribution < -0.4 is 5.32 Å². The smallest absolute Gasteiger partial charge is 0.0220 e. The summed E-state index contributed by atoms with van der Waals surface area (Å²) in [7, 11) is 0. The van der Waals surface area contributed by atoms with E-state index >= 15 is 0 Å². The molecular formula is C12H20N2. The highest BCUT2D eigenvalue weighted by molar-refractivity contribution is 5.09. The molecule has 0 aliphatic heterocycles. The summed E-state index contributed by atoms with van der Waals surface area (Å²) >= 11 is 0. The van der Waals surface area contributed by atoms with Crippen LogP contribution in [0.15, 0.2) is 30.6 Å². The fourth-order valence-corrected chi connectivity index (χ4v) is 1.38. The van der Waals surface area contributed by atoms with Crippen molar-refractivity contribution in [1.29, 1.82) is 0 Å². The van der Waals surface area contributed by atoms with Crippen LogP contribution in [0.1, 0.15) is 25.8 Å². The third-order valence-corrected chi connectivity index (χ3v) is 2.23. The molecule has 2 heteroatoms. The Morgan fingerprint density at radius 3 is 3.00 bits per heavy atom. The van der Waals surface area contributed by atoms with Gasteiger partial charge >= 0.3 is 0 Å². The van der Waals surface area contributed by atoms with Crippen molar-refractivity contribution in [2.45, 2.75) is 33.4 Å². The Morgan fingerprint density at radius 2 is 2.36 bits per heavy atom. The van der Waals surface area contributed by atoms with Crippen molar-refractivity contribution in [3.8, 4) is 0 Å². The Morgan fingerprint density at radius 1 is 1.50 bits per heavy atom. The maximum Gasteiger partial charge on any atom is 0.0220 e. The molecule has 0 saturated heterocycles. The largest absolute Gasteiger partial charge is 0.354 e. The van der Waals surface area contributed by atoms with Crippen molar-refractivity contribution in [2.75, 3.05) is 6.54 Å². The van der Waals surface area contributed by atoms with Crippen LogP contribution in [0.2, 0.25) is 0 Å². The lowest BCUT2D eigenvalue weighted by Crippen LogP contribution is -2.13. The molecule has 14 heavy (non-hydrogen) atoms. The molecule has 0 saturated carbocycles. The zero-order chi connectivity index (χ0) is 10.2. The number of allylic oxidation sites excluding steroid dienone is 1. The zero-order valence-electron chi connectivity index (χ0n) is 9.16. The lowest BCUT2D eigenvalue weighted by atomic mass is 10.3. The highest BCUT2D eigenvalue weighted by Crippen LogP contribution is 2.00. The van der Waals surface area contributed by atoms with Gasteiger partial charge in [0.05, 0.1) is 0 Å². The molecule has 0 amide bonds. The van der Waals surface area contributed by atoms with E-state index in [4.69, 9.17) is 0 Å². The minimum absolute atomic E-state index is 0.977. The van der Waals surface area contributed by atoms with E-state index < -0.39 is 0 Å². The van der Waals surface area contributed by atoms with E-state index in [0.717, 1.165) is 26.1 Å². The molecule has 0 aliphatic carbocycles. The molecule has 0 spiro atoms. The maximum atomic E-state index is 3.41. The summed E-state index contributed by atoms with van der Waals surface area (Å²) in [5.41, 5.74) is 1.37. The van der Waals surface area contributed by atoms with Crippen LogP contribution in [0, 0.1) is 0 Å². The second-order valence-electron chi connectivity index (χ2n) is 3.38. The Labute approximate surface area is 86.6 Å². The molecule has 0 unspecified atom stereocenters. The molecule has 1 aromatic rings. The first kappa shape index (κ1) is 11.1. The predicted octanol–water partition coefficient (Wildman–Crippen LogP) is 2.56. The van der Waals surface area contributed by atoms with Crippen LogP contribution in [0.3, 0.4) is 0 Å². The van der Waals surface area contributed by atoms with Gasteiger partial charge in [-0.3, -0.25) is 0 Å². The van der Waals surface area contributed by atoms with Gasteiger partial charge in [-0.2, -0.15) is 0 Å². The van der Waals surface area contributed by atoms with Crippen LogP contribution in [0.4, 0.5) is 0 Å². The number of rotatable bonds is 6. The van der Waals surface area contributed by atoms with E-state index in [-0.39, 0.29) is 0 Å². The third kappa shape index (κ3) is 3.79. The first-order chi connectivity index (χ1) is 6.86. The average molecular weight is 192 g/mol. The van der Waals surface area contributed by atoms with Gasteiger partial charge in [0.1, 0.15) is 0 Å². The Bertz CT molecular complexity index is 274. The minimum Gasteiger partial charge on any atom is -0.354 e. The van der Waals surface area contributed by atoms with Crippen LogP contribution in [-0.2, 0) is 13.1 Å². The van der Waals surface area contributed by atoms with Crippen molar-refractivity contribution in [3.05, 3.63) is 36.2 Å². The Kier molecular flexibility index (Phi) is 5.08. The van der Waals surface area contributed by atoms with Gasteiger partial charge in [-0.1, -0.05) is 12.2 Å². The molecule has 0 bridgehead atoms. The molecule has 0 radical (unpaired) electrons. The van der Waals surface area contributed by atoms with Gasteiger partial charge in [0, 0.05) is 25.5 Å². The molecule has 0 aliphatic rings. The summed E-state index contributed by atoms with van der Waals surface area (Å²) in [6.07, 6.45) is 9.72. The first-order valence-corrected chi connectivity index (χ1v) is 5.33. The first-order valence-electron chi connectivity index (χ1n) is 5.33. The van der Waals surface area contributed by atoms with Crippen molar-refractivity contribution in [3.63, 3.8) is 0 Å². The summed E-state index contributed by atoms with van der Waals surface area (Å²) in [6, 6.07) is 2.17. The number of hydrogen-bond donors (Lipinski definition) is 1. The molecule has 1 rings (SSSR count). The molecule has 1 N–H and O–H groups in total. The van der Waals surface area contributed by atoms with Crippen molar-refractivity contribution < 1.29 is 0 Å². The van der Waals surface area contributed by atoms with Crippen LogP contribution in [0.5, 0.6) is 0 Å². The number of hydrogen-bond acceptors (Lipinski definition) is 1. The summed E-state index contributed by atoms with van der Waals surface area (Å²) in [5.74, 6) is 0. The quantitative estimate of drug-likeness (QED) is 0.541. The third-order valence-electron chi connectivity index (χ3n) is 2.23. The summed E-state index contributed by atoms with van der Waals surface area (Å²) in [5, 5.41) is 3.41. The molecule has 2 nitrogen and oxygen atoms in total. The number of aromatic nitrogens is 1. The minimum atomic E-state index is 0.977. The van der Waals surface area contributed by atoms with Crippen molar-refractivity contribution >= 4 is 0 Å². The predicted molar refractivity (Wildman–Crippen MR) is 61.2 cm³/mol. The molecule has 78 valence electrons. The summed E-state index contributed by atoms with van der Waals surface area (Å²) in [4.78, 5) is 0. The summed E-state index contributed by atoms with van der Waals surface area (Å²) in [6.45, 7) is 7.30. The van der Waals surface area contributed by atoms with E-state index in [0.29, 0.717) is 0 Å². The highest BCUT2D eigenvalue weighted by Gasteiger charge is 1.93. The highest BCUT2D eigenvalue weighted by atomic mass is 14.9. The fourth-order valence-electron chi connectivity index (χ4n) is 1.38. The number of nitrogens with one attached hydrogen (secondary N) is 1. The van der Waals surface area contributed by atoms with Gasteiger partial charge in [0.25, 0.3) is 0 Å². The maximum absolute atomic E-state index is 3.41. The second kappa shape index (κ2) is 6.44. The fraction of sp³-hybridized carbons (Fsp3) is 0.500. The van der Waals surface area contributed by atoms with Gasteiger partial charge in [-0.15, -0.1) is 0 Å². The standard InChI is InChI=1S/C12H20N2/c1-3-5-6-8-13-10-12-7-9-14(4-2)11-12/h3,5,7,9,11,13H,4,6,8,10H2,1-2H3/b5-3+. The SMILES string of the molecule is C/C=C/CCNCc1ccn(CC)c1. The Balaban J connectivity index is 2.18. The van der Waals surface area contributed by atoms with E-state index in [9.17, 15) is 0 Å². The topological polar surface area (TPSA) is 17.0 Å². The molecule has 1 aromatic heterocycles. The van der Waals surface area contributed by atoms with Crippen molar-refractivity contribution in [2.24, 2.45) is 0 Å². The van der Waals surface area contributed by atoms with E-state index in [1.54, 1.807) is 0 Å². The zero-order valence-corrected chi connectivity index (χ0v) is 9.16. The number of aryl methyl sites for hydroxylation is 1. The normalized spacial score (nSPS) is 11.3. The van der Waals surface area contributed by atoms with E-state index in [1.165, 1.54) is 5.56 Å². The lowest BCUT2D eigenvalue weighted by molar-refractivity contribution is 0.690. The van der Waals surface area contributed by atoms with Gasteiger partial charge in [0.15, 0.2) is 0 Å². The average Bonchev–Trinajstić information content (AvgIpc) is 2.65. The van der Waals surface area contributed by atoms with Gasteiger partial charge in [-0.05, 0) is 38.4 Å². The summed E-state index contributed by atoms with van der Waals surface area (Å²) < 4.78 is 2.20. The van der Waals surface area contributed by atoms with E-state index in [1.807, 2.05) is 0 Å². The van der Waals surface area contributed by atoms with E-state index in [2.05, 4.69) is 54.3 Å². The van der Waals surface area contributed by atoms with Crippen molar-refractivity contribution in [1.82, 2.24) is 9.88 Å². The Hall–Kier alpha value is -1.02. The van der Waals surface area contributed by atoms with Gasteiger partial charge in [0.2, 0.25) is 0 Å². The monoisotopic (exact) mass is 192 g/mol. The molecule has 0 aromatic carbocycles. The van der Waals surface area contributed by atoms with Crippen LogP contribution in [0.25, 0.3) is 0 Å². The van der Waals surface area contributed by atoms with Gasteiger partial charge < -0.3 is 9.88 Å². The van der Waals surface area contributed by atoms with Crippen LogP contribution >= 0.6 is 0 Å². The molecule has 0 fully saturated rings. The lowest BCUT2D eigenvalue weighted by Gasteiger charge is -2.00. The molecule has 0 atom stereocenters. The molecular weight excluding hydrogens is 172 g/mol. The second-order valence-corrected chi connectivity index (χ2v) is 3.38.